The van der Waals surface area contributed by atoms with Crippen LogP contribution in [0, 0.1) is 0 Å². The molecule has 0 atom stereocenters. The first-order valence-corrected chi connectivity index (χ1v) is 13.4. The van der Waals surface area contributed by atoms with E-state index in [0.29, 0.717) is 38.7 Å². The highest BCUT2D eigenvalue weighted by molar-refractivity contribution is 7.89. The number of fused-ring (bicyclic) bond motifs is 1. The second-order valence-corrected chi connectivity index (χ2v) is 10.3. The van der Waals surface area contributed by atoms with Crippen molar-refractivity contribution in [2.75, 3.05) is 13.2 Å². The molecule has 39 heavy (non-hydrogen) atoms. The Hall–Kier alpha value is -4.45. The quantitative estimate of drug-likeness (QED) is 0.168. The third-order valence-electron chi connectivity index (χ3n) is 5.63. The van der Waals surface area contributed by atoms with Gasteiger partial charge in [0.05, 0.1) is 27.7 Å². The summed E-state index contributed by atoms with van der Waals surface area (Å²) >= 11 is 6.17. The average Bonchev–Trinajstić information content (AvgIpc) is 3.36. The standard InChI is InChI=1S/C27H20ClN3O7S/c28-18-5-3-4-17(14-18)23-15-22(30-31(23)19-8-10-20(11-9-19)39(29,34)35)27(33)37-13-12-36-25-16-26(32)38-24-7-2-1-6-21(24)25/h1-11,14-16H,12-13H2,(H2,29,34,35). The van der Waals surface area contributed by atoms with Crippen molar-refractivity contribution in [1.82, 2.24) is 9.78 Å². The lowest BCUT2D eigenvalue weighted by Gasteiger charge is -2.09. The van der Waals surface area contributed by atoms with Crippen LogP contribution in [0.25, 0.3) is 27.9 Å². The zero-order valence-corrected chi connectivity index (χ0v) is 21.7. The number of sulfonamides is 1. The third kappa shape index (κ3) is 5.85. The van der Waals surface area contributed by atoms with Gasteiger partial charge in [-0.2, -0.15) is 5.10 Å². The molecule has 0 spiro atoms. The van der Waals surface area contributed by atoms with Gasteiger partial charge in [0.15, 0.2) is 5.69 Å². The van der Waals surface area contributed by atoms with Crippen molar-refractivity contribution in [1.29, 1.82) is 0 Å². The second-order valence-electron chi connectivity index (χ2n) is 8.29. The van der Waals surface area contributed by atoms with Gasteiger partial charge in [-0.25, -0.2) is 27.8 Å². The molecule has 10 nitrogen and oxygen atoms in total. The summed E-state index contributed by atoms with van der Waals surface area (Å²) in [5.74, 6) is -0.396. The Bertz CT molecular complexity index is 1850. The predicted molar refractivity (Wildman–Crippen MR) is 144 cm³/mol. The lowest BCUT2D eigenvalue weighted by atomic mass is 10.1. The molecule has 0 aliphatic rings. The molecule has 0 fully saturated rings. The number of esters is 1. The van der Waals surface area contributed by atoms with Gasteiger partial charge in [-0.3, -0.25) is 0 Å². The molecule has 3 aromatic carbocycles. The van der Waals surface area contributed by atoms with Crippen molar-refractivity contribution in [3.63, 3.8) is 0 Å². The summed E-state index contributed by atoms with van der Waals surface area (Å²) < 4.78 is 40.9. The number of para-hydroxylation sites is 1. The number of ether oxygens (including phenoxy) is 2. The summed E-state index contributed by atoms with van der Waals surface area (Å²) in [6, 6.07) is 22.4. The van der Waals surface area contributed by atoms with E-state index in [0.717, 1.165) is 0 Å². The van der Waals surface area contributed by atoms with Crippen molar-refractivity contribution >= 4 is 38.6 Å². The van der Waals surface area contributed by atoms with Gasteiger partial charge in [0, 0.05) is 10.6 Å². The molecule has 0 amide bonds. The van der Waals surface area contributed by atoms with Gasteiger partial charge in [0.25, 0.3) is 0 Å². The maximum absolute atomic E-state index is 12.9. The molecular weight excluding hydrogens is 546 g/mol. The van der Waals surface area contributed by atoms with E-state index in [1.807, 2.05) is 0 Å². The highest BCUT2D eigenvalue weighted by Gasteiger charge is 2.19. The number of aromatic nitrogens is 2. The number of rotatable bonds is 8. The fraction of sp³-hybridized carbons (Fsp3) is 0.0741. The van der Waals surface area contributed by atoms with Crippen LogP contribution in [-0.2, 0) is 14.8 Å². The molecule has 0 bridgehead atoms. The van der Waals surface area contributed by atoms with Crippen LogP contribution in [0.15, 0.2) is 99.0 Å². The zero-order chi connectivity index (χ0) is 27.6. The van der Waals surface area contributed by atoms with E-state index in [1.165, 1.54) is 35.0 Å². The Labute approximate surface area is 227 Å². The van der Waals surface area contributed by atoms with E-state index in [4.69, 9.17) is 30.6 Å². The maximum Gasteiger partial charge on any atom is 0.358 e. The molecule has 0 saturated carbocycles. The molecule has 5 aromatic rings. The minimum absolute atomic E-state index is 0.00584. The minimum atomic E-state index is -3.88. The Kier molecular flexibility index (Phi) is 7.20. The summed E-state index contributed by atoms with van der Waals surface area (Å²) in [6.07, 6.45) is 0. The van der Waals surface area contributed by atoms with Crippen molar-refractivity contribution in [3.8, 4) is 22.7 Å². The zero-order valence-electron chi connectivity index (χ0n) is 20.1. The first-order chi connectivity index (χ1) is 18.7. The van der Waals surface area contributed by atoms with Crippen LogP contribution in [-0.4, -0.2) is 37.4 Å². The van der Waals surface area contributed by atoms with Crippen molar-refractivity contribution in [3.05, 3.63) is 106 Å². The second kappa shape index (κ2) is 10.7. The highest BCUT2D eigenvalue weighted by Crippen LogP contribution is 2.27. The van der Waals surface area contributed by atoms with Crippen molar-refractivity contribution in [2.24, 2.45) is 5.14 Å². The predicted octanol–water partition coefficient (Wildman–Crippen LogP) is 4.18. The van der Waals surface area contributed by atoms with Crippen molar-refractivity contribution in [2.45, 2.75) is 4.90 Å². The molecule has 0 aliphatic carbocycles. The van der Waals surface area contributed by atoms with Crippen LogP contribution in [0.2, 0.25) is 5.02 Å². The van der Waals surface area contributed by atoms with Gasteiger partial charge in [-0.15, -0.1) is 0 Å². The summed E-state index contributed by atoms with van der Waals surface area (Å²) in [5, 5.41) is 10.7. The van der Waals surface area contributed by atoms with E-state index in [1.54, 1.807) is 54.6 Å². The Morgan fingerprint density at radius 2 is 1.74 bits per heavy atom. The normalized spacial score (nSPS) is 11.4. The number of carbonyl (C=O) groups excluding carboxylic acids is 1. The smallest absolute Gasteiger partial charge is 0.358 e. The molecule has 0 unspecified atom stereocenters. The Morgan fingerprint density at radius 3 is 2.49 bits per heavy atom. The molecule has 198 valence electrons. The first kappa shape index (κ1) is 26.2. The SMILES string of the molecule is NS(=O)(=O)c1ccc(-n2nc(C(=O)OCCOc3cc(=O)oc4ccccc34)cc2-c2cccc(Cl)c2)cc1. The molecule has 0 saturated heterocycles. The topological polar surface area (TPSA) is 144 Å². The molecule has 12 heteroatoms. The summed E-state index contributed by atoms with van der Waals surface area (Å²) in [7, 11) is -3.88. The van der Waals surface area contributed by atoms with Crippen LogP contribution in [0.5, 0.6) is 5.75 Å². The van der Waals surface area contributed by atoms with E-state index in [-0.39, 0.29) is 23.8 Å². The molecule has 2 heterocycles. The number of hydrogen-bond donors (Lipinski definition) is 1. The van der Waals surface area contributed by atoms with Crippen LogP contribution in [0.4, 0.5) is 0 Å². The number of primary sulfonamides is 1. The van der Waals surface area contributed by atoms with E-state index < -0.39 is 21.6 Å². The Balaban J connectivity index is 1.36. The molecule has 0 aliphatic heterocycles. The summed E-state index contributed by atoms with van der Waals surface area (Å²) in [5.41, 5.74) is 1.50. The summed E-state index contributed by atoms with van der Waals surface area (Å²) in [6.45, 7) is -0.133. The fourth-order valence-corrected chi connectivity index (χ4v) is 4.58. The maximum atomic E-state index is 12.9. The molecule has 2 N–H and O–H groups in total. The molecule has 0 radical (unpaired) electrons. The number of nitrogens with zero attached hydrogens (tertiary/aromatic N) is 2. The van der Waals surface area contributed by atoms with E-state index >= 15 is 0 Å². The number of carbonyl (C=O) groups is 1. The van der Waals surface area contributed by atoms with Crippen molar-refractivity contribution < 1.29 is 27.1 Å². The van der Waals surface area contributed by atoms with Gasteiger partial charge in [0.1, 0.15) is 24.5 Å². The van der Waals surface area contributed by atoms with Crippen LogP contribution >= 0.6 is 11.6 Å². The van der Waals surface area contributed by atoms with E-state index in [2.05, 4.69) is 5.10 Å². The number of nitrogens with two attached hydrogens (primary N) is 1. The Morgan fingerprint density at radius 1 is 0.974 bits per heavy atom. The first-order valence-electron chi connectivity index (χ1n) is 11.5. The van der Waals surface area contributed by atoms with Gasteiger partial charge in [-0.1, -0.05) is 35.9 Å². The largest absolute Gasteiger partial charge is 0.489 e. The minimum Gasteiger partial charge on any atom is -0.489 e. The number of halogens is 1. The van der Waals surface area contributed by atoms with Crippen LogP contribution < -0.4 is 15.5 Å². The summed E-state index contributed by atoms with van der Waals surface area (Å²) in [4.78, 5) is 24.6. The molecule has 5 rings (SSSR count). The van der Waals surface area contributed by atoms with Gasteiger partial charge < -0.3 is 13.9 Å². The van der Waals surface area contributed by atoms with Gasteiger partial charge in [-0.05, 0) is 54.6 Å². The number of benzene rings is 3. The van der Waals surface area contributed by atoms with Gasteiger partial charge >= 0.3 is 11.6 Å². The molecule has 2 aromatic heterocycles. The average molecular weight is 566 g/mol. The lowest BCUT2D eigenvalue weighted by Crippen LogP contribution is -2.14. The third-order valence-corrected chi connectivity index (χ3v) is 6.80. The van der Waals surface area contributed by atoms with Crippen LogP contribution in [0.3, 0.4) is 0 Å². The fourth-order valence-electron chi connectivity index (χ4n) is 3.87. The van der Waals surface area contributed by atoms with E-state index in [9.17, 15) is 18.0 Å². The van der Waals surface area contributed by atoms with Gasteiger partial charge in [0.2, 0.25) is 10.0 Å². The number of hydrogen-bond acceptors (Lipinski definition) is 8. The lowest BCUT2D eigenvalue weighted by molar-refractivity contribution is 0.0443. The highest BCUT2D eigenvalue weighted by atomic mass is 35.5. The van der Waals surface area contributed by atoms with Crippen LogP contribution in [0.1, 0.15) is 10.5 Å². The monoisotopic (exact) mass is 565 g/mol. The molecular formula is C27H20ClN3O7S.